The van der Waals surface area contributed by atoms with Crippen molar-refractivity contribution in [1.29, 1.82) is 0 Å². The predicted octanol–water partition coefficient (Wildman–Crippen LogP) is 13.3. The van der Waals surface area contributed by atoms with E-state index in [9.17, 15) is 0 Å². The summed E-state index contributed by atoms with van der Waals surface area (Å²) in [4.78, 5) is 2.33. The molecule has 9 rings (SSSR count). The zero-order chi connectivity index (χ0) is 35.7. The Hall–Kier alpha value is -6.68. The van der Waals surface area contributed by atoms with Crippen molar-refractivity contribution < 1.29 is 0 Å². The first kappa shape index (κ1) is 32.2. The second-order valence-corrected chi connectivity index (χ2v) is 13.7. The molecule has 0 spiro atoms. The van der Waals surface area contributed by atoms with Gasteiger partial charge in [-0.2, -0.15) is 0 Å². The molecule has 0 bridgehead atoms. The number of para-hydroxylation sites is 2. The minimum atomic E-state index is 0.0177. The highest BCUT2D eigenvalue weighted by atomic mass is 15.1. The summed E-state index contributed by atoms with van der Waals surface area (Å²) in [5.41, 5.74) is 21.2. The Morgan fingerprint density at radius 1 is 0.396 bits per heavy atom. The molecular weight excluding hydrogens is 643 g/mol. The third kappa shape index (κ3) is 6.18. The molecule has 0 radical (unpaired) electrons. The van der Waals surface area contributed by atoms with Gasteiger partial charge < -0.3 is 15.2 Å². The molecule has 3 nitrogen and oxygen atoms in total. The Morgan fingerprint density at radius 2 is 0.811 bits per heavy atom. The first-order valence-electron chi connectivity index (χ1n) is 18.2. The number of aromatic nitrogens is 1. The van der Waals surface area contributed by atoms with Gasteiger partial charge in [0.15, 0.2) is 0 Å². The maximum absolute atomic E-state index is 6.11. The maximum atomic E-state index is 6.11. The zero-order valence-electron chi connectivity index (χ0n) is 29.6. The van der Waals surface area contributed by atoms with E-state index in [0.29, 0.717) is 0 Å². The minimum Gasteiger partial charge on any atom is -0.324 e. The van der Waals surface area contributed by atoms with Crippen molar-refractivity contribution in [3.05, 3.63) is 206 Å². The lowest BCUT2D eigenvalue weighted by atomic mass is 10.0. The Balaban J connectivity index is 1.09. The number of hydrogen-bond donors (Lipinski definition) is 1. The molecule has 9 aromatic rings. The standard InChI is InChI=1S/C50H39N3/c1-35(51)36-16-18-38(19-17-36)40-22-29-45(30-23-40)52(44-27-20-39(21-28-44)37-10-4-2-5-11-37)46-31-24-41(25-32-46)42-26-33-50-48(34-42)47-14-8-9-15-49(47)53(50)43-12-6-3-7-13-43/h2-35H,51H2,1H3. The van der Waals surface area contributed by atoms with E-state index in [1.807, 2.05) is 6.92 Å². The van der Waals surface area contributed by atoms with E-state index in [0.717, 1.165) is 22.6 Å². The van der Waals surface area contributed by atoms with E-state index in [2.05, 4.69) is 210 Å². The molecule has 0 aliphatic carbocycles. The fourth-order valence-electron chi connectivity index (χ4n) is 7.47. The highest BCUT2D eigenvalue weighted by molar-refractivity contribution is 6.10. The summed E-state index contributed by atoms with van der Waals surface area (Å²) in [5, 5.41) is 2.50. The van der Waals surface area contributed by atoms with Crippen LogP contribution in [-0.2, 0) is 0 Å². The summed E-state index contributed by atoms with van der Waals surface area (Å²) in [6, 6.07) is 71.9. The molecule has 1 aromatic heterocycles. The highest BCUT2D eigenvalue weighted by Crippen LogP contribution is 2.39. The summed E-state index contributed by atoms with van der Waals surface area (Å²) in [6.07, 6.45) is 0. The largest absolute Gasteiger partial charge is 0.324 e. The lowest BCUT2D eigenvalue weighted by Gasteiger charge is -2.26. The molecule has 8 aromatic carbocycles. The molecule has 1 unspecified atom stereocenters. The number of rotatable bonds is 8. The van der Waals surface area contributed by atoms with Gasteiger partial charge in [0, 0.05) is 39.6 Å². The van der Waals surface area contributed by atoms with Gasteiger partial charge in [-0.05, 0) is 113 Å². The fourth-order valence-corrected chi connectivity index (χ4v) is 7.47. The molecule has 0 saturated heterocycles. The van der Waals surface area contributed by atoms with Gasteiger partial charge >= 0.3 is 0 Å². The van der Waals surface area contributed by atoms with Gasteiger partial charge in [0.1, 0.15) is 0 Å². The van der Waals surface area contributed by atoms with Gasteiger partial charge in [0.2, 0.25) is 0 Å². The SMILES string of the molecule is CC(N)c1ccc(-c2ccc(N(c3ccc(-c4ccccc4)cc3)c3ccc(-c4ccc5c(c4)c4ccccc4n5-c4ccccc4)cc3)cc2)cc1. The van der Waals surface area contributed by atoms with Crippen molar-refractivity contribution >= 4 is 38.9 Å². The summed E-state index contributed by atoms with van der Waals surface area (Å²) in [5.74, 6) is 0. The lowest BCUT2D eigenvalue weighted by molar-refractivity contribution is 0.818. The lowest BCUT2D eigenvalue weighted by Crippen LogP contribution is -2.09. The molecule has 1 atom stereocenters. The zero-order valence-corrected chi connectivity index (χ0v) is 29.6. The Bertz CT molecular complexity index is 2640. The van der Waals surface area contributed by atoms with Crippen LogP contribution in [0.2, 0.25) is 0 Å². The predicted molar refractivity (Wildman–Crippen MR) is 224 cm³/mol. The summed E-state index contributed by atoms with van der Waals surface area (Å²) in [7, 11) is 0. The second-order valence-electron chi connectivity index (χ2n) is 13.7. The van der Waals surface area contributed by atoms with Crippen LogP contribution in [-0.4, -0.2) is 4.57 Å². The van der Waals surface area contributed by atoms with Crippen molar-refractivity contribution in [3.8, 4) is 39.1 Å². The number of anilines is 3. The van der Waals surface area contributed by atoms with Crippen LogP contribution in [0.3, 0.4) is 0 Å². The van der Waals surface area contributed by atoms with Crippen molar-refractivity contribution in [1.82, 2.24) is 4.57 Å². The van der Waals surface area contributed by atoms with Crippen LogP contribution in [0, 0.1) is 0 Å². The number of hydrogen-bond acceptors (Lipinski definition) is 2. The first-order chi connectivity index (χ1) is 26.1. The third-order valence-electron chi connectivity index (χ3n) is 10.3. The quantitative estimate of drug-likeness (QED) is 0.173. The van der Waals surface area contributed by atoms with E-state index in [4.69, 9.17) is 5.73 Å². The topological polar surface area (TPSA) is 34.2 Å². The van der Waals surface area contributed by atoms with Crippen LogP contribution in [0.25, 0.3) is 60.9 Å². The van der Waals surface area contributed by atoms with Crippen molar-refractivity contribution in [3.63, 3.8) is 0 Å². The number of nitrogens with two attached hydrogens (primary N) is 1. The molecule has 0 fully saturated rings. The van der Waals surface area contributed by atoms with Crippen molar-refractivity contribution in [2.45, 2.75) is 13.0 Å². The minimum absolute atomic E-state index is 0.0177. The van der Waals surface area contributed by atoms with Gasteiger partial charge in [-0.1, -0.05) is 133 Å². The maximum Gasteiger partial charge on any atom is 0.0541 e. The molecule has 0 amide bonds. The van der Waals surface area contributed by atoms with Gasteiger partial charge in [0.25, 0.3) is 0 Å². The Morgan fingerprint density at radius 3 is 1.36 bits per heavy atom. The fraction of sp³-hybridized carbons (Fsp3) is 0.0400. The van der Waals surface area contributed by atoms with Gasteiger partial charge in [-0.15, -0.1) is 0 Å². The van der Waals surface area contributed by atoms with Crippen molar-refractivity contribution in [2.24, 2.45) is 5.73 Å². The molecule has 3 heteroatoms. The Labute approximate surface area is 310 Å². The molecule has 2 N–H and O–H groups in total. The van der Waals surface area contributed by atoms with Gasteiger partial charge in [0.05, 0.1) is 11.0 Å². The van der Waals surface area contributed by atoms with Crippen molar-refractivity contribution in [2.75, 3.05) is 4.90 Å². The second kappa shape index (κ2) is 13.8. The molecule has 0 aliphatic rings. The van der Waals surface area contributed by atoms with E-state index in [-0.39, 0.29) is 6.04 Å². The molecule has 53 heavy (non-hydrogen) atoms. The summed E-state index contributed by atoms with van der Waals surface area (Å²) in [6.45, 7) is 2.02. The highest BCUT2D eigenvalue weighted by Gasteiger charge is 2.16. The van der Waals surface area contributed by atoms with Gasteiger partial charge in [-0.25, -0.2) is 0 Å². The van der Waals surface area contributed by atoms with Crippen LogP contribution in [0.5, 0.6) is 0 Å². The number of fused-ring (bicyclic) bond motifs is 3. The molecule has 0 saturated carbocycles. The van der Waals surface area contributed by atoms with Crippen LogP contribution >= 0.6 is 0 Å². The number of benzene rings is 8. The molecule has 254 valence electrons. The molecule has 1 heterocycles. The monoisotopic (exact) mass is 681 g/mol. The average Bonchev–Trinajstić information content (AvgIpc) is 3.56. The summed E-state index contributed by atoms with van der Waals surface area (Å²) < 4.78 is 2.36. The molecule has 0 aliphatic heterocycles. The van der Waals surface area contributed by atoms with Gasteiger partial charge in [-0.3, -0.25) is 0 Å². The Kier molecular flexibility index (Phi) is 8.39. The average molecular weight is 682 g/mol. The summed E-state index contributed by atoms with van der Waals surface area (Å²) >= 11 is 0. The normalized spacial score (nSPS) is 11.9. The van der Waals surface area contributed by atoms with Crippen LogP contribution < -0.4 is 10.6 Å². The smallest absolute Gasteiger partial charge is 0.0541 e. The van der Waals surface area contributed by atoms with Crippen LogP contribution in [0.15, 0.2) is 200 Å². The van der Waals surface area contributed by atoms with E-state index in [1.54, 1.807) is 0 Å². The van der Waals surface area contributed by atoms with E-state index >= 15 is 0 Å². The van der Waals surface area contributed by atoms with E-state index < -0.39 is 0 Å². The third-order valence-corrected chi connectivity index (χ3v) is 10.3. The van der Waals surface area contributed by atoms with Crippen LogP contribution in [0.4, 0.5) is 17.1 Å². The first-order valence-corrected chi connectivity index (χ1v) is 18.2. The molecular formula is C50H39N3. The number of nitrogens with zero attached hydrogens (tertiary/aromatic N) is 2. The van der Waals surface area contributed by atoms with E-state index in [1.165, 1.54) is 60.9 Å². The van der Waals surface area contributed by atoms with Crippen LogP contribution in [0.1, 0.15) is 18.5 Å².